The maximum absolute atomic E-state index is 10.3. The Bertz CT molecular complexity index is 248. The second-order valence-corrected chi connectivity index (χ2v) is 1.93. The van der Waals surface area contributed by atoms with E-state index < -0.39 is 5.97 Å². The Balaban J connectivity index is 0. The molecule has 1 aromatic rings. The van der Waals surface area contributed by atoms with Crippen molar-refractivity contribution in [2.75, 3.05) is 5.73 Å². The van der Waals surface area contributed by atoms with Crippen molar-refractivity contribution in [1.82, 2.24) is 0 Å². The standard InChI is InChI=1S/C7H7NO2.2Na/c8-6-3-1-5(2-4-6)7(9)10;;/h1-4H,8H2,(H,9,10);;. The van der Waals surface area contributed by atoms with Gasteiger partial charge < -0.3 is 10.8 Å². The number of carboxylic acids is 1. The molecule has 0 heterocycles. The van der Waals surface area contributed by atoms with Crippen LogP contribution in [0.2, 0.25) is 0 Å². The van der Waals surface area contributed by atoms with Gasteiger partial charge in [-0.2, -0.15) is 0 Å². The zero-order valence-electron chi connectivity index (χ0n) is 7.24. The van der Waals surface area contributed by atoms with Crippen molar-refractivity contribution in [3.05, 3.63) is 29.8 Å². The van der Waals surface area contributed by atoms with Crippen LogP contribution >= 0.6 is 0 Å². The molecule has 12 heavy (non-hydrogen) atoms. The Morgan fingerprint density at radius 2 is 1.58 bits per heavy atom. The first kappa shape index (κ1) is 15.0. The summed E-state index contributed by atoms with van der Waals surface area (Å²) in [4.78, 5) is 10.3. The molecule has 0 fully saturated rings. The zero-order valence-corrected chi connectivity index (χ0v) is 11.2. The van der Waals surface area contributed by atoms with Gasteiger partial charge in [0.05, 0.1) is 5.56 Å². The molecule has 0 aliphatic carbocycles. The molecule has 0 bridgehead atoms. The van der Waals surface area contributed by atoms with Gasteiger partial charge in [0.15, 0.2) is 0 Å². The number of rotatable bonds is 1. The van der Waals surface area contributed by atoms with E-state index in [9.17, 15) is 4.79 Å². The average Bonchev–Trinajstić information content (AvgIpc) is 1.88. The van der Waals surface area contributed by atoms with Gasteiger partial charge >= 0.3 is 5.97 Å². The van der Waals surface area contributed by atoms with Gasteiger partial charge in [-0.1, -0.05) is 0 Å². The van der Waals surface area contributed by atoms with Crippen LogP contribution in [0.4, 0.5) is 5.69 Å². The molecule has 0 atom stereocenters. The van der Waals surface area contributed by atoms with Gasteiger partial charge in [0.25, 0.3) is 0 Å². The second kappa shape index (κ2) is 6.95. The van der Waals surface area contributed by atoms with Crippen molar-refractivity contribution >= 4 is 70.8 Å². The smallest absolute Gasteiger partial charge is 0.335 e. The first-order chi connectivity index (χ1) is 4.70. The molecule has 0 unspecified atom stereocenters. The fraction of sp³-hybridized carbons (Fsp3) is 0. The van der Waals surface area contributed by atoms with Gasteiger partial charge in [0.2, 0.25) is 0 Å². The Morgan fingerprint density at radius 3 is 1.92 bits per heavy atom. The minimum absolute atomic E-state index is 0. The molecule has 0 saturated heterocycles. The molecule has 2 radical (unpaired) electrons. The first-order valence-electron chi connectivity index (χ1n) is 2.79. The van der Waals surface area contributed by atoms with E-state index in [1.54, 1.807) is 12.1 Å². The van der Waals surface area contributed by atoms with Crippen molar-refractivity contribution < 1.29 is 9.90 Å². The summed E-state index contributed by atoms with van der Waals surface area (Å²) in [6, 6.07) is 6.06. The number of nitrogen functional groups attached to an aromatic ring is 1. The van der Waals surface area contributed by atoms with Gasteiger partial charge in [-0.25, -0.2) is 4.79 Å². The molecular formula is C7H7NNa2O2. The molecule has 0 aliphatic heterocycles. The molecule has 3 nitrogen and oxygen atoms in total. The number of aromatic carboxylic acids is 1. The van der Waals surface area contributed by atoms with Crippen LogP contribution in [0.25, 0.3) is 0 Å². The number of hydrogen-bond donors (Lipinski definition) is 2. The van der Waals surface area contributed by atoms with E-state index in [1.807, 2.05) is 0 Å². The molecule has 3 N–H and O–H groups in total. The maximum atomic E-state index is 10.3. The fourth-order valence-corrected chi connectivity index (χ4v) is 0.626. The number of nitrogens with two attached hydrogens (primary N) is 1. The van der Waals surface area contributed by atoms with E-state index in [2.05, 4.69) is 0 Å². The summed E-state index contributed by atoms with van der Waals surface area (Å²) in [7, 11) is 0. The molecule has 0 aromatic heterocycles. The van der Waals surface area contributed by atoms with Crippen LogP contribution in [-0.4, -0.2) is 70.2 Å². The van der Waals surface area contributed by atoms with Crippen LogP contribution in [0, 0.1) is 0 Å². The third-order valence-corrected chi connectivity index (χ3v) is 1.16. The molecule has 1 aromatic carbocycles. The second-order valence-electron chi connectivity index (χ2n) is 1.93. The minimum atomic E-state index is -0.931. The SMILES string of the molecule is Nc1ccc(C(=O)O)cc1.[Na].[Na]. The van der Waals surface area contributed by atoms with Gasteiger partial charge in [-0.05, 0) is 24.3 Å². The zero-order chi connectivity index (χ0) is 7.56. The number of carbonyl (C=O) groups is 1. The van der Waals surface area contributed by atoms with Crippen LogP contribution in [0.15, 0.2) is 24.3 Å². The van der Waals surface area contributed by atoms with Crippen LogP contribution < -0.4 is 5.73 Å². The van der Waals surface area contributed by atoms with E-state index >= 15 is 0 Å². The molecule has 5 heteroatoms. The van der Waals surface area contributed by atoms with Crippen molar-refractivity contribution in [3.8, 4) is 0 Å². The average molecular weight is 183 g/mol. The predicted molar refractivity (Wildman–Crippen MR) is 49.3 cm³/mol. The number of hydrogen-bond acceptors (Lipinski definition) is 2. The molecule has 0 amide bonds. The Hall–Kier alpha value is 0.490. The summed E-state index contributed by atoms with van der Waals surface area (Å²) in [5.41, 5.74) is 6.17. The Labute approximate surface area is 115 Å². The number of carboxylic acid groups (broad SMARTS) is 1. The van der Waals surface area contributed by atoms with Crippen molar-refractivity contribution in [3.63, 3.8) is 0 Å². The predicted octanol–water partition coefficient (Wildman–Crippen LogP) is 0.205. The molecule has 0 saturated carbocycles. The van der Waals surface area contributed by atoms with Gasteiger partial charge in [-0.15, -0.1) is 0 Å². The largest absolute Gasteiger partial charge is 0.478 e. The van der Waals surface area contributed by atoms with Gasteiger partial charge in [-0.3, -0.25) is 0 Å². The third kappa shape index (κ3) is 4.50. The van der Waals surface area contributed by atoms with Gasteiger partial charge in [0.1, 0.15) is 0 Å². The molecular weight excluding hydrogens is 176 g/mol. The molecule has 0 spiro atoms. The topological polar surface area (TPSA) is 63.3 Å². The number of anilines is 1. The van der Waals surface area contributed by atoms with E-state index in [1.165, 1.54) is 12.1 Å². The van der Waals surface area contributed by atoms with Crippen molar-refractivity contribution in [1.29, 1.82) is 0 Å². The number of benzene rings is 1. The monoisotopic (exact) mass is 183 g/mol. The van der Waals surface area contributed by atoms with E-state index in [-0.39, 0.29) is 64.7 Å². The van der Waals surface area contributed by atoms with E-state index in [0.717, 1.165) is 0 Å². The minimum Gasteiger partial charge on any atom is -0.478 e. The van der Waals surface area contributed by atoms with Crippen LogP contribution in [-0.2, 0) is 0 Å². The summed E-state index contributed by atoms with van der Waals surface area (Å²) in [5, 5.41) is 8.43. The van der Waals surface area contributed by atoms with Crippen LogP contribution in [0.3, 0.4) is 0 Å². The van der Waals surface area contributed by atoms with E-state index in [0.29, 0.717) is 5.69 Å². The van der Waals surface area contributed by atoms with Crippen LogP contribution in [0.5, 0.6) is 0 Å². The quantitative estimate of drug-likeness (QED) is 0.483. The molecule has 54 valence electrons. The Kier molecular flexibility index (Phi) is 8.68. The normalized spacial score (nSPS) is 7.67. The van der Waals surface area contributed by atoms with Crippen molar-refractivity contribution in [2.24, 2.45) is 0 Å². The van der Waals surface area contributed by atoms with Gasteiger partial charge in [0, 0.05) is 64.8 Å². The summed E-state index contributed by atoms with van der Waals surface area (Å²) in [6.07, 6.45) is 0. The van der Waals surface area contributed by atoms with E-state index in [4.69, 9.17) is 10.8 Å². The summed E-state index contributed by atoms with van der Waals surface area (Å²) < 4.78 is 0. The third-order valence-electron chi connectivity index (χ3n) is 1.16. The molecule has 0 aliphatic rings. The fourth-order valence-electron chi connectivity index (χ4n) is 0.626. The first-order valence-corrected chi connectivity index (χ1v) is 2.79. The van der Waals surface area contributed by atoms with Crippen LogP contribution in [0.1, 0.15) is 10.4 Å². The summed E-state index contributed by atoms with van der Waals surface area (Å²) in [5.74, 6) is -0.931. The summed E-state index contributed by atoms with van der Waals surface area (Å²) >= 11 is 0. The maximum Gasteiger partial charge on any atom is 0.335 e. The van der Waals surface area contributed by atoms with Crippen molar-refractivity contribution in [2.45, 2.75) is 0 Å². The summed E-state index contributed by atoms with van der Waals surface area (Å²) in [6.45, 7) is 0. The Morgan fingerprint density at radius 1 is 1.17 bits per heavy atom. The molecule has 1 rings (SSSR count).